The minimum atomic E-state index is -2.42. The van der Waals surface area contributed by atoms with Crippen LogP contribution in [0.5, 0.6) is 5.75 Å². The van der Waals surface area contributed by atoms with Crippen LogP contribution in [0.4, 0.5) is 0 Å². The van der Waals surface area contributed by atoms with Crippen molar-refractivity contribution in [3.8, 4) is 5.75 Å². The van der Waals surface area contributed by atoms with Crippen LogP contribution in [0.3, 0.4) is 0 Å². The Labute approximate surface area is 312 Å². The van der Waals surface area contributed by atoms with Crippen LogP contribution in [0, 0.1) is 0 Å². The first-order chi connectivity index (χ1) is 25.4. The molecule has 2 aliphatic heterocycles. The van der Waals surface area contributed by atoms with Crippen molar-refractivity contribution >= 4 is 64.5 Å². The van der Waals surface area contributed by atoms with Gasteiger partial charge in [-0.05, 0) is 78.2 Å². The lowest BCUT2D eigenvalue weighted by molar-refractivity contribution is -0.301. The van der Waals surface area contributed by atoms with Gasteiger partial charge in [0, 0.05) is 16.2 Å². The van der Waals surface area contributed by atoms with E-state index in [1.54, 1.807) is 7.11 Å². The number of aliphatic carboxylic acids is 1. The van der Waals surface area contributed by atoms with Gasteiger partial charge in [-0.15, -0.1) is 23.5 Å². The molecular formula is C42H37N2O5PS2. The summed E-state index contributed by atoms with van der Waals surface area (Å²) < 4.78 is 5.24. The second-order valence-electron chi connectivity index (χ2n) is 12.6. The van der Waals surface area contributed by atoms with Crippen molar-refractivity contribution in [2.45, 2.75) is 22.7 Å². The van der Waals surface area contributed by atoms with Gasteiger partial charge in [0.2, 0.25) is 5.91 Å². The molecular weight excluding hydrogens is 708 g/mol. The average molecular weight is 745 g/mol. The molecule has 7 nitrogen and oxygen atoms in total. The molecule has 262 valence electrons. The van der Waals surface area contributed by atoms with Gasteiger partial charge in [0.05, 0.1) is 30.7 Å². The van der Waals surface area contributed by atoms with E-state index < -0.39 is 30.6 Å². The number of carboxylic acids is 1. The summed E-state index contributed by atoms with van der Waals surface area (Å²) in [6, 6.07) is 45.9. The summed E-state index contributed by atoms with van der Waals surface area (Å²) in [5.74, 6) is -0.740. The summed E-state index contributed by atoms with van der Waals surface area (Å²) in [7, 11) is -0.770. The second-order valence-corrected chi connectivity index (χ2v) is 18.3. The molecule has 5 aromatic carbocycles. The van der Waals surface area contributed by atoms with Gasteiger partial charge in [-0.2, -0.15) is 0 Å². The first kappa shape index (κ1) is 35.6. The van der Waals surface area contributed by atoms with Gasteiger partial charge in [0.15, 0.2) is 0 Å². The molecule has 0 aliphatic carbocycles. The summed E-state index contributed by atoms with van der Waals surface area (Å²) in [6.07, 6.45) is 1.22. The average Bonchev–Trinajstić information content (AvgIpc) is 3.19. The number of benzene rings is 5. The SMILES string of the molecule is COc1ccc(Cc2ccc(SCC(=O)N[C@@H]3C(=O)N4C(C(=O)[O-])=C(C[P+](c5ccccc5)(c5ccccc5)c5ccccc5)CS[C@H]34)cc2)cc1. The van der Waals surface area contributed by atoms with Crippen LogP contribution in [0.25, 0.3) is 0 Å². The van der Waals surface area contributed by atoms with Gasteiger partial charge >= 0.3 is 0 Å². The quantitative estimate of drug-likeness (QED) is 0.105. The highest BCUT2D eigenvalue weighted by atomic mass is 32.2. The number of ether oxygens (including phenoxy) is 1. The summed E-state index contributed by atoms with van der Waals surface area (Å²) in [4.78, 5) is 41.9. The lowest BCUT2D eigenvalue weighted by Gasteiger charge is -2.51. The van der Waals surface area contributed by atoms with Crippen LogP contribution >= 0.6 is 30.8 Å². The zero-order chi connectivity index (χ0) is 36.1. The van der Waals surface area contributed by atoms with Crippen molar-refractivity contribution in [3.63, 3.8) is 0 Å². The molecule has 1 fully saturated rings. The molecule has 10 heteroatoms. The maximum Gasteiger partial charge on any atom is 0.253 e. The lowest BCUT2D eigenvalue weighted by Crippen LogP contribution is -2.71. The van der Waals surface area contributed by atoms with E-state index in [9.17, 15) is 19.5 Å². The zero-order valence-electron chi connectivity index (χ0n) is 28.5. The standard InChI is InChI=1S/C42H37N2O5PS2/c1-49-32-21-17-29(18-22-32)25-30-19-23-36(24-20-30)51-28-37(45)43-38-40(46)44-39(42(47)48)31(27-52-41(38)44)26-50(33-11-5-2-6-12-33,34-13-7-3-8-14-34)35-15-9-4-10-16-35/h2-24,38,41H,25-28H2,1H3,(H-,43,45,47,48)/t38-,41-/m1/s1. The maximum absolute atomic E-state index is 13.6. The molecule has 2 atom stereocenters. The topological polar surface area (TPSA) is 98.8 Å². The maximum atomic E-state index is 13.6. The Balaban J connectivity index is 1.06. The van der Waals surface area contributed by atoms with Crippen molar-refractivity contribution < 1.29 is 24.2 Å². The minimum Gasteiger partial charge on any atom is -0.543 e. The lowest BCUT2D eigenvalue weighted by atomic mass is 10.0. The van der Waals surface area contributed by atoms with E-state index in [1.807, 2.05) is 103 Å². The number of carboxylic acid groups (broad SMARTS) is 1. The number of amides is 2. The van der Waals surface area contributed by atoms with E-state index in [0.29, 0.717) is 17.5 Å². The molecule has 0 radical (unpaired) electrons. The molecule has 52 heavy (non-hydrogen) atoms. The highest BCUT2D eigenvalue weighted by molar-refractivity contribution is 8.00. The fourth-order valence-corrected chi connectivity index (χ4v) is 13.4. The number of methoxy groups -OCH3 is 1. The number of carbonyl (C=O) groups excluding carboxylic acids is 3. The Bertz CT molecular complexity index is 1980. The Morgan fingerprint density at radius 2 is 1.33 bits per heavy atom. The molecule has 2 heterocycles. The Kier molecular flexibility index (Phi) is 10.8. The summed E-state index contributed by atoms with van der Waals surface area (Å²) in [6.45, 7) is 0. The van der Waals surface area contributed by atoms with Crippen LogP contribution in [-0.4, -0.2) is 58.9 Å². The first-order valence-corrected chi connectivity index (χ1v) is 21.0. The van der Waals surface area contributed by atoms with Crippen LogP contribution in [0.2, 0.25) is 0 Å². The van der Waals surface area contributed by atoms with E-state index in [2.05, 4.69) is 41.7 Å². The zero-order valence-corrected chi connectivity index (χ0v) is 31.0. The molecule has 5 aromatic rings. The van der Waals surface area contributed by atoms with E-state index in [0.717, 1.165) is 38.5 Å². The number of hydrogen-bond donors (Lipinski definition) is 1. The summed E-state index contributed by atoms with van der Waals surface area (Å²) >= 11 is 2.88. The number of rotatable bonds is 13. The van der Waals surface area contributed by atoms with Gasteiger partial charge in [-0.3, -0.25) is 14.5 Å². The largest absolute Gasteiger partial charge is 0.543 e. The monoisotopic (exact) mass is 744 g/mol. The van der Waals surface area contributed by atoms with Crippen LogP contribution in [0.15, 0.2) is 156 Å². The predicted molar refractivity (Wildman–Crippen MR) is 210 cm³/mol. The summed E-state index contributed by atoms with van der Waals surface area (Å²) in [5, 5.41) is 18.6. The molecule has 2 aliphatic rings. The first-order valence-electron chi connectivity index (χ1n) is 16.9. The fourth-order valence-electron chi connectivity index (χ4n) is 6.89. The molecule has 0 saturated carbocycles. The van der Waals surface area contributed by atoms with Gasteiger partial charge < -0.3 is 20.0 Å². The smallest absolute Gasteiger partial charge is 0.253 e. The highest BCUT2D eigenvalue weighted by Gasteiger charge is 2.55. The third kappa shape index (κ3) is 7.26. The molecule has 0 spiro atoms. The minimum absolute atomic E-state index is 0.0736. The molecule has 7 rings (SSSR count). The number of fused-ring (bicyclic) bond motifs is 1. The van der Waals surface area contributed by atoms with E-state index >= 15 is 0 Å². The van der Waals surface area contributed by atoms with Gasteiger partial charge in [-0.1, -0.05) is 78.9 Å². The Hall–Kier alpha value is -4.82. The number of β-lactam (4-membered cyclic amide) rings is 1. The predicted octanol–water partition coefficient (Wildman–Crippen LogP) is 4.78. The number of thioether (sulfide) groups is 2. The Morgan fingerprint density at radius 3 is 1.83 bits per heavy atom. The van der Waals surface area contributed by atoms with Crippen molar-refractivity contribution in [1.29, 1.82) is 0 Å². The van der Waals surface area contributed by atoms with Crippen molar-refractivity contribution in [2.75, 3.05) is 24.8 Å². The van der Waals surface area contributed by atoms with Gasteiger partial charge in [-0.25, -0.2) is 0 Å². The molecule has 0 unspecified atom stereocenters. The molecule has 1 N–H and O–H groups in total. The van der Waals surface area contributed by atoms with E-state index in [-0.39, 0.29) is 17.4 Å². The van der Waals surface area contributed by atoms with Gasteiger partial charge in [0.1, 0.15) is 40.3 Å². The van der Waals surface area contributed by atoms with Crippen LogP contribution in [-0.2, 0) is 20.8 Å². The number of nitrogens with one attached hydrogen (secondary N) is 1. The van der Waals surface area contributed by atoms with E-state index in [4.69, 9.17) is 4.74 Å². The van der Waals surface area contributed by atoms with Crippen molar-refractivity contribution in [3.05, 3.63) is 162 Å². The third-order valence-electron chi connectivity index (χ3n) is 9.44. The molecule has 1 saturated heterocycles. The molecule has 0 bridgehead atoms. The third-order valence-corrected chi connectivity index (χ3v) is 16.2. The number of hydrogen-bond acceptors (Lipinski definition) is 7. The van der Waals surface area contributed by atoms with Gasteiger partial charge in [0.25, 0.3) is 5.91 Å². The normalized spacial score (nSPS) is 16.9. The fraction of sp³-hybridized carbons (Fsp3) is 0.167. The second kappa shape index (κ2) is 15.8. The molecule has 2 amide bonds. The van der Waals surface area contributed by atoms with Crippen molar-refractivity contribution in [2.24, 2.45) is 0 Å². The Morgan fingerprint density at radius 1 is 0.808 bits per heavy atom. The molecule has 0 aromatic heterocycles. The number of nitrogens with zero attached hydrogens (tertiary/aromatic N) is 1. The van der Waals surface area contributed by atoms with E-state index in [1.165, 1.54) is 34.0 Å². The van der Waals surface area contributed by atoms with Crippen molar-refractivity contribution in [1.82, 2.24) is 10.2 Å². The van der Waals surface area contributed by atoms with Crippen LogP contribution < -0.4 is 31.1 Å². The highest BCUT2D eigenvalue weighted by Crippen LogP contribution is 2.58. The summed E-state index contributed by atoms with van der Waals surface area (Å²) in [5.41, 5.74) is 2.92. The van der Waals surface area contributed by atoms with Crippen LogP contribution in [0.1, 0.15) is 11.1 Å². The number of carbonyl (C=O) groups is 3.